The number of nitrogens with one attached hydrogen (secondary N) is 1. The molecule has 2 aromatic rings. The molecule has 7 heteroatoms. The normalized spacial score (nSPS) is 12.0. The van der Waals surface area contributed by atoms with Crippen LogP contribution in [-0.2, 0) is 0 Å². The van der Waals surface area contributed by atoms with Crippen LogP contribution < -0.4 is 5.32 Å². The van der Waals surface area contributed by atoms with E-state index < -0.39 is 23.9 Å². The van der Waals surface area contributed by atoms with Gasteiger partial charge in [-0.1, -0.05) is 17.9 Å². The molecule has 1 atom stereocenters. The Bertz CT molecular complexity index is 789. The van der Waals surface area contributed by atoms with Crippen LogP contribution in [-0.4, -0.2) is 23.1 Å². The fraction of sp³-hybridized carbons (Fsp3) is 0.176. The van der Waals surface area contributed by atoms with Crippen LogP contribution in [0.4, 0.5) is 17.6 Å². The van der Waals surface area contributed by atoms with Crippen molar-refractivity contribution in [2.24, 2.45) is 0 Å². The summed E-state index contributed by atoms with van der Waals surface area (Å²) in [4.78, 5) is 15.5. The van der Waals surface area contributed by atoms with Gasteiger partial charge in [0.05, 0.1) is 0 Å². The van der Waals surface area contributed by atoms with Crippen LogP contribution in [0.15, 0.2) is 42.6 Å². The molecule has 1 amide bonds. The number of pyridine rings is 1. The number of hydrogen-bond donors (Lipinski definition) is 1. The summed E-state index contributed by atoms with van der Waals surface area (Å²) in [5.41, 5.74) is 0.762. The fourth-order valence-corrected chi connectivity index (χ4v) is 1.67. The van der Waals surface area contributed by atoms with E-state index in [4.69, 9.17) is 0 Å². The van der Waals surface area contributed by atoms with Crippen LogP contribution in [0, 0.1) is 17.7 Å². The highest BCUT2D eigenvalue weighted by Gasteiger charge is 2.37. The topological polar surface area (TPSA) is 42.0 Å². The first-order chi connectivity index (χ1) is 11.3. The second kappa shape index (κ2) is 7.13. The molecule has 0 aliphatic heterocycles. The van der Waals surface area contributed by atoms with Crippen molar-refractivity contribution in [1.29, 1.82) is 0 Å². The number of halogens is 4. The number of nitrogens with zero attached hydrogens (tertiary/aromatic N) is 1. The third-order valence-electron chi connectivity index (χ3n) is 3.01. The van der Waals surface area contributed by atoms with Gasteiger partial charge in [0.1, 0.15) is 17.6 Å². The molecule has 0 saturated heterocycles. The van der Waals surface area contributed by atoms with E-state index >= 15 is 0 Å². The monoisotopic (exact) mass is 336 g/mol. The van der Waals surface area contributed by atoms with Gasteiger partial charge in [-0.3, -0.25) is 4.79 Å². The third-order valence-corrected chi connectivity index (χ3v) is 3.01. The van der Waals surface area contributed by atoms with Crippen LogP contribution in [0.2, 0.25) is 0 Å². The molecule has 1 aromatic carbocycles. The first kappa shape index (κ1) is 17.5. The average Bonchev–Trinajstić information content (AvgIpc) is 2.52. The second-order valence-corrected chi connectivity index (χ2v) is 4.93. The molecular weight excluding hydrogens is 324 g/mol. The summed E-state index contributed by atoms with van der Waals surface area (Å²) >= 11 is 0. The molecule has 0 radical (unpaired) electrons. The van der Waals surface area contributed by atoms with Gasteiger partial charge in [0.2, 0.25) is 0 Å². The Morgan fingerprint density at radius 3 is 2.46 bits per heavy atom. The van der Waals surface area contributed by atoms with Crippen molar-refractivity contribution < 1.29 is 22.4 Å². The van der Waals surface area contributed by atoms with Gasteiger partial charge in [0.15, 0.2) is 0 Å². The SMILES string of the molecule is C[C@H](NC(=O)c1ccc(C#Cc2cccc(F)c2)cn1)C(F)(F)F. The van der Waals surface area contributed by atoms with Crippen molar-refractivity contribution in [3.8, 4) is 11.8 Å². The number of hydrogen-bond acceptors (Lipinski definition) is 2. The number of benzene rings is 1. The molecule has 24 heavy (non-hydrogen) atoms. The lowest BCUT2D eigenvalue weighted by molar-refractivity contribution is -0.149. The van der Waals surface area contributed by atoms with Crippen LogP contribution in [0.5, 0.6) is 0 Å². The van der Waals surface area contributed by atoms with Gasteiger partial charge in [-0.05, 0) is 37.3 Å². The number of aromatic nitrogens is 1. The molecule has 2 rings (SSSR count). The van der Waals surface area contributed by atoms with E-state index in [0.717, 1.165) is 6.92 Å². The van der Waals surface area contributed by atoms with Gasteiger partial charge in [-0.2, -0.15) is 13.2 Å². The highest BCUT2D eigenvalue weighted by Crippen LogP contribution is 2.19. The minimum Gasteiger partial charge on any atom is -0.339 e. The van der Waals surface area contributed by atoms with E-state index in [2.05, 4.69) is 16.8 Å². The zero-order valence-corrected chi connectivity index (χ0v) is 12.5. The molecule has 0 unspecified atom stereocenters. The maximum absolute atomic E-state index is 13.0. The van der Waals surface area contributed by atoms with Crippen molar-refractivity contribution in [3.63, 3.8) is 0 Å². The Hall–Kier alpha value is -2.88. The van der Waals surface area contributed by atoms with Crippen molar-refractivity contribution in [1.82, 2.24) is 10.3 Å². The van der Waals surface area contributed by atoms with Crippen LogP contribution in [0.25, 0.3) is 0 Å². The summed E-state index contributed by atoms with van der Waals surface area (Å²) in [5, 5.41) is 1.82. The Morgan fingerprint density at radius 2 is 1.88 bits per heavy atom. The molecule has 0 spiro atoms. The molecule has 0 aliphatic carbocycles. The maximum atomic E-state index is 13.0. The maximum Gasteiger partial charge on any atom is 0.408 e. The number of rotatable bonds is 2. The van der Waals surface area contributed by atoms with Gasteiger partial charge < -0.3 is 5.32 Å². The smallest absolute Gasteiger partial charge is 0.339 e. The van der Waals surface area contributed by atoms with Gasteiger partial charge in [-0.25, -0.2) is 9.37 Å². The van der Waals surface area contributed by atoms with Crippen molar-refractivity contribution in [2.45, 2.75) is 19.1 Å². The summed E-state index contributed by atoms with van der Waals surface area (Å²) < 4.78 is 50.2. The lowest BCUT2D eigenvalue weighted by Crippen LogP contribution is -2.43. The predicted molar refractivity (Wildman–Crippen MR) is 79.6 cm³/mol. The molecule has 124 valence electrons. The second-order valence-electron chi connectivity index (χ2n) is 4.93. The van der Waals surface area contributed by atoms with E-state index in [9.17, 15) is 22.4 Å². The number of alkyl halides is 3. The standard InChI is InChI=1S/C17H12F4N2O/c1-11(17(19,20)21)23-16(24)15-8-7-13(10-22-15)6-5-12-3-2-4-14(18)9-12/h2-4,7-11H,1H3,(H,23,24)/t11-/m0/s1. The molecule has 1 heterocycles. The van der Waals surface area contributed by atoms with E-state index in [-0.39, 0.29) is 5.69 Å². The van der Waals surface area contributed by atoms with E-state index in [1.165, 1.54) is 36.5 Å². The fourth-order valence-electron chi connectivity index (χ4n) is 1.67. The van der Waals surface area contributed by atoms with Gasteiger partial charge in [0.25, 0.3) is 5.91 Å². The van der Waals surface area contributed by atoms with Crippen LogP contribution in [0.1, 0.15) is 28.5 Å². The molecule has 1 N–H and O–H groups in total. The van der Waals surface area contributed by atoms with Crippen molar-refractivity contribution in [2.75, 3.05) is 0 Å². The minimum absolute atomic E-state index is 0.151. The zero-order valence-electron chi connectivity index (χ0n) is 12.5. The third kappa shape index (κ3) is 4.81. The predicted octanol–water partition coefficient (Wildman–Crippen LogP) is 3.30. The molecule has 0 saturated carbocycles. The summed E-state index contributed by atoms with van der Waals surface area (Å²) in [7, 11) is 0. The lowest BCUT2D eigenvalue weighted by atomic mass is 10.2. The molecule has 0 bridgehead atoms. The van der Waals surface area contributed by atoms with Crippen molar-refractivity contribution >= 4 is 5.91 Å². The summed E-state index contributed by atoms with van der Waals surface area (Å²) in [6, 6.07) is 6.46. The molecule has 0 aliphatic rings. The van der Waals surface area contributed by atoms with E-state index in [1.54, 1.807) is 6.07 Å². The summed E-state index contributed by atoms with van der Waals surface area (Å²) in [6.07, 6.45) is -3.26. The summed E-state index contributed by atoms with van der Waals surface area (Å²) in [6.45, 7) is 0.844. The Labute approximate surface area is 135 Å². The van der Waals surface area contributed by atoms with Gasteiger partial charge in [-0.15, -0.1) is 0 Å². The Morgan fingerprint density at radius 1 is 1.17 bits per heavy atom. The van der Waals surface area contributed by atoms with Crippen LogP contribution >= 0.6 is 0 Å². The minimum atomic E-state index is -4.52. The van der Waals surface area contributed by atoms with E-state index in [0.29, 0.717) is 11.1 Å². The highest BCUT2D eigenvalue weighted by atomic mass is 19.4. The lowest BCUT2D eigenvalue weighted by Gasteiger charge is -2.16. The number of amides is 1. The first-order valence-corrected chi connectivity index (χ1v) is 6.87. The largest absolute Gasteiger partial charge is 0.408 e. The quantitative estimate of drug-likeness (QED) is 0.675. The molecule has 3 nitrogen and oxygen atoms in total. The Kier molecular flexibility index (Phi) is 5.19. The summed E-state index contributed by atoms with van der Waals surface area (Å²) in [5.74, 6) is 4.11. The molecular formula is C17H12F4N2O. The number of carbonyl (C=O) groups excluding carboxylic acids is 1. The first-order valence-electron chi connectivity index (χ1n) is 6.87. The van der Waals surface area contributed by atoms with Gasteiger partial charge >= 0.3 is 6.18 Å². The highest BCUT2D eigenvalue weighted by molar-refractivity contribution is 5.92. The van der Waals surface area contributed by atoms with E-state index in [1.807, 2.05) is 5.32 Å². The van der Waals surface area contributed by atoms with Gasteiger partial charge in [0, 0.05) is 17.3 Å². The van der Waals surface area contributed by atoms with Crippen LogP contribution in [0.3, 0.4) is 0 Å². The number of carbonyl (C=O) groups is 1. The van der Waals surface area contributed by atoms with Crippen molar-refractivity contribution in [3.05, 3.63) is 65.2 Å². The average molecular weight is 336 g/mol. The molecule has 1 aromatic heterocycles. The zero-order chi connectivity index (χ0) is 17.7. The molecule has 0 fully saturated rings. The Balaban J connectivity index is 2.07.